The molecule has 1 rings (SSSR count). The largest absolute Gasteiger partial charge is 0.240 e. The lowest BCUT2D eigenvalue weighted by Gasteiger charge is -2.13. The topological polar surface area (TPSA) is 104 Å². The van der Waals surface area contributed by atoms with Crippen molar-refractivity contribution in [1.29, 1.82) is 5.26 Å². The van der Waals surface area contributed by atoms with E-state index in [0.717, 1.165) is 11.8 Å². The van der Waals surface area contributed by atoms with Crippen LogP contribution in [0.25, 0.3) is 0 Å². The van der Waals surface area contributed by atoms with Crippen molar-refractivity contribution < 1.29 is 16.8 Å². The van der Waals surface area contributed by atoms with Crippen LogP contribution in [0.2, 0.25) is 0 Å². The predicted octanol–water partition coefficient (Wildman–Crippen LogP) is 0.464. The monoisotopic (exact) mass is 316 g/mol. The van der Waals surface area contributed by atoms with E-state index in [-0.39, 0.29) is 17.1 Å². The molecule has 0 aliphatic carbocycles. The van der Waals surface area contributed by atoms with Gasteiger partial charge in [-0.05, 0) is 24.6 Å². The van der Waals surface area contributed by atoms with Gasteiger partial charge in [-0.3, -0.25) is 0 Å². The summed E-state index contributed by atoms with van der Waals surface area (Å²) in [5, 5.41) is 8.54. The Kier molecular flexibility index (Phi) is 5.28. The van der Waals surface area contributed by atoms with Crippen molar-refractivity contribution >= 4 is 19.9 Å². The molecule has 0 spiro atoms. The smallest absolute Gasteiger partial charge is 0.229 e. The zero-order valence-electron chi connectivity index (χ0n) is 11.2. The lowest BCUT2D eigenvalue weighted by Crippen LogP contribution is -2.37. The molecule has 1 N–H and O–H groups in total. The second kappa shape index (κ2) is 6.35. The molecule has 8 heteroatoms. The molecule has 6 nitrogen and oxygen atoms in total. The number of rotatable bonds is 6. The normalized spacial score (nSPS) is 13.7. The Morgan fingerprint density at radius 2 is 1.75 bits per heavy atom. The summed E-state index contributed by atoms with van der Waals surface area (Å²) < 4.78 is 48.6. The SMILES string of the molecule is CC(CS(C)(=O)=O)NS(=O)(=O)c1ccc(CC#N)cc1. The number of nitriles is 1. The highest BCUT2D eigenvalue weighted by molar-refractivity contribution is 7.91. The summed E-state index contributed by atoms with van der Waals surface area (Å²) in [6, 6.07) is 7.15. The molecule has 1 aromatic carbocycles. The van der Waals surface area contributed by atoms with Crippen molar-refractivity contribution in [2.45, 2.75) is 24.3 Å². The zero-order valence-corrected chi connectivity index (χ0v) is 12.8. The maximum Gasteiger partial charge on any atom is 0.240 e. The number of benzene rings is 1. The van der Waals surface area contributed by atoms with Crippen LogP contribution in [0.15, 0.2) is 29.2 Å². The van der Waals surface area contributed by atoms with Crippen molar-refractivity contribution in [3.05, 3.63) is 29.8 Å². The van der Waals surface area contributed by atoms with E-state index in [2.05, 4.69) is 4.72 Å². The molecule has 110 valence electrons. The third-order valence-corrected chi connectivity index (χ3v) is 5.14. The Bertz CT molecular complexity index is 701. The van der Waals surface area contributed by atoms with Crippen molar-refractivity contribution in [3.8, 4) is 6.07 Å². The molecule has 0 aliphatic rings. The molecule has 0 saturated carbocycles. The Balaban J connectivity index is 2.86. The molecule has 20 heavy (non-hydrogen) atoms. The fourth-order valence-electron chi connectivity index (χ4n) is 1.70. The van der Waals surface area contributed by atoms with Crippen LogP contribution < -0.4 is 4.72 Å². The van der Waals surface area contributed by atoms with Crippen LogP contribution in [0, 0.1) is 11.3 Å². The minimum absolute atomic E-state index is 0.0412. The minimum Gasteiger partial charge on any atom is -0.229 e. The first-order valence-electron chi connectivity index (χ1n) is 5.80. The van der Waals surface area contributed by atoms with Gasteiger partial charge in [-0.15, -0.1) is 0 Å². The highest BCUT2D eigenvalue weighted by atomic mass is 32.2. The van der Waals surface area contributed by atoms with Gasteiger partial charge in [-0.1, -0.05) is 12.1 Å². The van der Waals surface area contributed by atoms with E-state index < -0.39 is 25.9 Å². The Labute approximate surface area is 119 Å². The standard InChI is InChI=1S/C12H16N2O4S2/c1-10(9-19(2,15)16)14-20(17,18)12-5-3-11(4-6-12)7-8-13/h3-6,10,14H,7,9H2,1-2H3. The van der Waals surface area contributed by atoms with Crippen LogP contribution in [0.1, 0.15) is 12.5 Å². The fourth-order valence-corrected chi connectivity index (χ4v) is 4.04. The maximum absolute atomic E-state index is 12.0. The number of hydrogen-bond acceptors (Lipinski definition) is 5. The second-order valence-corrected chi connectivity index (χ2v) is 8.49. The molecule has 1 aromatic rings. The van der Waals surface area contributed by atoms with Crippen LogP contribution in [0.4, 0.5) is 0 Å². The number of sulfone groups is 1. The van der Waals surface area contributed by atoms with Crippen LogP contribution in [0.5, 0.6) is 0 Å². The van der Waals surface area contributed by atoms with E-state index in [9.17, 15) is 16.8 Å². The molecule has 0 aromatic heterocycles. The van der Waals surface area contributed by atoms with Gasteiger partial charge in [-0.2, -0.15) is 5.26 Å². The van der Waals surface area contributed by atoms with E-state index >= 15 is 0 Å². The molecule has 0 fully saturated rings. The first-order valence-corrected chi connectivity index (χ1v) is 9.34. The summed E-state index contributed by atoms with van der Waals surface area (Å²) in [5.74, 6) is -0.265. The molecule has 0 bridgehead atoms. The summed E-state index contributed by atoms with van der Waals surface area (Å²) in [5.41, 5.74) is 0.718. The first-order chi connectivity index (χ1) is 9.14. The molecular formula is C12H16N2O4S2. The average Bonchev–Trinajstić information content (AvgIpc) is 2.26. The highest BCUT2D eigenvalue weighted by Crippen LogP contribution is 2.11. The number of nitrogens with one attached hydrogen (secondary N) is 1. The third-order valence-electron chi connectivity index (χ3n) is 2.43. The maximum atomic E-state index is 12.0. The van der Waals surface area contributed by atoms with Gasteiger partial charge in [0.1, 0.15) is 9.84 Å². The number of nitrogens with zero attached hydrogens (tertiary/aromatic N) is 1. The molecule has 0 heterocycles. The lowest BCUT2D eigenvalue weighted by atomic mass is 10.2. The third kappa shape index (κ3) is 5.28. The average molecular weight is 316 g/mol. The quantitative estimate of drug-likeness (QED) is 0.821. The van der Waals surface area contributed by atoms with Gasteiger partial charge in [-0.25, -0.2) is 21.6 Å². The van der Waals surface area contributed by atoms with E-state index in [1.165, 1.54) is 19.1 Å². The van der Waals surface area contributed by atoms with E-state index in [4.69, 9.17) is 5.26 Å². The van der Waals surface area contributed by atoms with Gasteiger partial charge in [0.05, 0.1) is 23.1 Å². The Morgan fingerprint density at radius 1 is 1.20 bits per heavy atom. The van der Waals surface area contributed by atoms with E-state index in [1.807, 2.05) is 6.07 Å². The van der Waals surface area contributed by atoms with E-state index in [0.29, 0.717) is 0 Å². The van der Waals surface area contributed by atoms with Crippen LogP contribution in [-0.4, -0.2) is 34.9 Å². The molecule has 0 aliphatic heterocycles. The Morgan fingerprint density at radius 3 is 2.20 bits per heavy atom. The highest BCUT2D eigenvalue weighted by Gasteiger charge is 2.19. The van der Waals surface area contributed by atoms with Crippen LogP contribution in [0.3, 0.4) is 0 Å². The predicted molar refractivity (Wildman–Crippen MR) is 75.3 cm³/mol. The summed E-state index contributed by atoms with van der Waals surface area (Å²) in [6.07, 6.45) is 1.26. The van der Waals surface area contributed by atoms with Crippen LogP contribution in [-0.2, 0) is 26.3 Å². The summed E-state index contributed by atoms with van der Waals surface area (Å²) in [6.45, 7) is 1.49. The van der Waals surface area contributed by atoms with Crippen LogP contribution >= 0.6 is 0 Å². The van der Waals surface area contributed by atoms with Gasteiger partial charge in [0.25, 0.3) is 0 Å². The number of sulfonamides is 1. The molecule has 0 radical (unpaired) electrons. The van der Waals surface area contributed by atoms with Gasteiger partial charge in [0.15, 0.2) is 0 Å². The summed E-state index contributed by atoms with van der Waals surface area (Å²) in [4.78, 5) is 0.0412. The van der Waals surface area contributed by atoms with Crippen molar-refractivity contribution in [3.63, 3.8) is 0 Å². The minimum atomic E-state index is -3.76. The fraction of sp³-hybridized carbons (Fsp3) is 0.417. The van der Waals surface area contributed by atoms with Gasteiger partial charge in [0.2, 0.25) is 10.0 Å². The lowest BCUT2D eigenvalue weighted by molar-refractivity contribution is 0.564. The van der Waals surface area contributed by atoms with Crippen molar-refractivity contribution in [2.75, 3.05) is 12.0 Å². The first kappa shape index (κ1) is 16.6. The number of hydrogen-bond donors (Lipinski definition) is 1. The molecule has 1 atom stereocenters. The zero-order chi connectivity index (χ0) is 15.4. The summed E-state index contributed by atoms with van der Waals surface area (Å²) in [7, 11) is -7.02. The molecule has 0 saturated heterocycles. The van der Waals surface area contributed by atoms with Gasteiger partial charge < -0.3 is 0 Å². The Hall–Kier alpha value is -1.43. The van der Waals surface area contributed by atoms with Gasteiger partial charge >= 0.3 is 0 Å². The van der Waals surface area contributed by atoms with Crippen molar-refractivity contribution in [2.24, 2.45) is 0 Å². The van der Waals surface area contributed by atoms with Crippen molar-refractivity contribution in [1.82, 2.24) is 4.72 Å². The van der Waals surface area contributed by atoms with Gasteiger partial charge in [0, 0.05) is 12.3 Å². The second-order valence-electron chi connectivity index (χ2n) is 4.59. The molecule has 1 unspecified atom stereocenters. The molecular weight excluding hydrogens is 300 g/mol. The summed E-state index contributed by atoms with van der Waals surface area (Å²) >= 11 is 0. The molecule has 0 amide bonds. The van der Waals surface area contributed by atoms with E-state index in [1.54, 1.807) is 12.1 Å².